The molecule has 3 aromatic carbocycles. The molecular weight excluding hydrogens is 388 g/mol. The number of amides is 2. The SMILES string of the molecule is COc1ccccc1C1=C(Nc2ccc(C)c(C)c2)C(=O)N(c2cccc(C)c2)C1=O. The number of nitrogens with one attached hydrogen (secondary N) is 1. The van der Waals surface area contributed by atoms with Gasteiger partial charge in [-0.2, -0.15) is 0 Å². The molecule has 0 radical (unpaired) electrons. The van der Waals surface area contributed by atoms with E-state index in [2.05, 4.69) is 5.32 Å². The number of nitrogens with zero attached hydrogens (tertiary/aromatic N) is 1. The lowest BCUT2D eigenvalue weighted by Gasteiger charge is -2.16. The first-order valence-electron chi connectivity index (χ1n) is 10.1. The summed E-state index contributed by atoms with van der Waals surface area (Å²) in [4.78, 5) is 28.3. The van der Waals surface area contributed by atoms with Crippen LogP contribution in [0, 0.1) is 20.8 Å². The van der Waals surface area contributed by atoms with E-state index in [0.29, 0.717) is 22.6 Å². The van der Waals surface area contributed by atoms with Crippen molar-refractivity contribution in [2.45, 2.75) is 20.8 Å². The van der Waals surface area contributed by atoms with Gasteiger partial charge >= 0.3 is 0 Å². The van der Waals surface area contributed by atoms with Crippen LogP contribution in [-0.2, 0) is 9.59 Å². The summed E-state index contributed by atoms with van der Waals surface area (Å²) in [5, 5.41) is 3.22. The molecular formula is C26H24N2O3. The van der Waals surface area contributed by atoms with Gasteiger partial charge in [0.15, 0.2) is 0 Å². The Morgan fingerprint density at radius 1 is 0.806 bits per heavy atom. The number of benzene rings is 3. The minimum absolute atomic E-state index is 0.235. The molecule has 1 aliphatic heterocycles. The predicted octanol–water partition coefficient (Wildman–Crippen LogP) is 5.02. The molecule has 0 saturated heterocycles. The maximum atomic E-state index is 13.6. The van der Waals surface area contributed by atoms with Crippen molar-refractivity contribution in [1.82, 2.24) is 0 Å². The number of methoxy groups -OCH3 is 1. The van der Waals surface area contributed by atoms with Crippen LogP contribution in [0.1, 0.15) is 22.3 Å². The predicted molar refractivity (Wildman–Crippen MR) is 123 cm³/mol. The van der Waals surface area contributed by atoms with E-state index in [-0.39, 0.29) is 11.6 Å². The van der Waals surface area contributed by atoms with Gasteiger partial charge < -0.3 is 10.1 Å². The molecule has 0 aliphatic carbocycles. The zero-order chi connectivity index (χ0) is 22.1. The van der Waals surface area contributed by atoms with Gasteiger partial charge in [-0.05, 0) is 67.8 Å². The Balaban J connectivity index is 1.87. The number of imide groups is 1. The third kappa shape index (κ3) is 3.70. The molecule has 0 spiro atoms. The van der Waals surface area contributed by atoms with Crippen molar-refractivity contribution in [3.05, 3.63) is 94.7 Å². The first kappa shape index (κ1) is 20.4. The number of hydrogen-bond donors (Lipinski definition) is 1. The van der Waals surface area contributed by atoms with Crippen molar-refractivity contribution in [2.75, 3.05) is 17.3 Å². The second-order valence-electron chi connectivity index (χ2n) is 7.66. The highest BCUT2D eigenvalue weighted by atomic mass is 16.5. The Kier molecular flexibility index (Phi) is 5.34. The van der Waals surface area contributed by atoms with Crippen molar-refractivity contribution < 1.29 is 14.3 Å². The number of para-hydroxylation sites is 1. The Labute approximate surface area is 182 Å². The van der Waals surface area contributed by atoms with Gasteiger partial charge in [0.1, 0.15) is 11.4 Å². The molecule has 0 atom stereocenters. The van der Waals surface area contributed by atoms with Crippen molar-refractivity contribution in [1.29, 1.82) is 0 Å². The number of carbonyl (C=O) groups is 2. The first-order chi connectivity index (χ1) is 14.9. The molecule has 156 valence electrons. The Bertz CT molecular complexity index is 1230. The summed E-state index contributed by atoms with van der Waals surface area (Å²) in [6, 6.07) is 20.4. The van der Waals surface area contributed by atoms with Crippen LogP contribution in [0.2, 0.25) is 0 Å². The van der Waals surface area contributed by atoms with E-state index in [1.807, 2.05) is 69.3 Å². The molecule has 1 aliphatic rings. The lowest BCUT2D eigenvalue weighted by Crippen LogP contribution is -2.32. The molecule has 1 heterocycles. The van der Waals surface area contributed by atoms with Gasteiger partial charge in [-0.15, -0.1) is 0 Å². The average Bonchev–Trinajstić information content (AvgIpc) is 3.00. The average molecular weight is 412 g/mol. The Morgan fingerprint density at radius 3 is 2.29 bits per heavy atom. The highest BCUT2D eigenvalue weighted by molar-refractivity contribution is 6.46. The van der Waals surface area contributed by atoms with Crippen LogP contribution in [0.5, 0.6) is 5.75 Å². The molecule has 3 aromatic rings. The van der Waals surface area contributed by atoms with Crippen LogP contribution in [-0.4, -0.2) is 18.9 Å². The summed E-state index contributed by atoms with van der Waals surface area (Å²) >= 11 is 0. The van der Waals surface area contributed by atoms with Crippen molar-refractivity contribution in [2.24, 2.45) is 0 Å². The van der Waals surface area contributed by atoms with Crippen molar-refractivity contribution >= 4 is 28.8 Å². The van der Waals surface area contributed by atoms with Gasteiger partial charge in [0.05, 0.1) is 18.4 Å². The number of rotatable bonds is 5. The highest BCUT2D eigenvalue weighted by Gasteiger charge is 2.41. The lowest BCUT2D eigenvalue weighted by molar-refractivity contribution is -0.120. The summed E-state index contributed by atoms with van der Waals surface area (Å²) in [7, 11) is 1.55. The van der Waals surface area contributed by atoms with Gasteiger partial charge in [-0.3, -0.25) is 9.59 Å². The van der Waals surface area contributed by atoms with Crippen LogP contribution >= 0.6 is 0 Å². The van der Waals surface area contributed by atoms with Crippen LogP contribution in [0.4, 0.5) is 11.4 Å². The first-order valence-corrected chi connectivity index (χ1v) is 10.1. The Morgan fingerprint density at radius 2 is 1.58 bits per heavy atom. The number of anilines is 2. The largest absolute Gasteiger partial charge is 0.496 e. The lowest BCUT2D eigenvalue weighted by atomic mass is 10.0. The molecule has 0 unspecified atom stereocenters. The molecule has 0 fully saturated rings. The third-order valence-corrected chi connectivity index (χ3v) is 5.50. The molecule has 2 amide bonds. The van der Waals surface area contributed by atoms with Crippen LogP contribution in [0.15, 0.2) is 72.4 Å². The van der Waals surface area contributed by atoms with Crippen LogP contribution in [0.25, 0.3) is 5.57 Å². The van der Waals surface area contributed by atoms with Crippen molar-refractivity contribution in [3.8, 4) is 5.75 Å². The van der Waals surface area contributed by atoms with Gasteiger partial charge in [0.2, 0.25) is 0 Å². The zero-order valence-electron chi connectivity index (χ0n) is 18.0. The minimum Gasteiger partial charge on any atom is -0.496 e. The maximum Gasteiger partial charge on any atom is 0.282 e. The number of ether oxygens (including phenoxy) is 1. The monoisotopic (exact) mass is 412 g/mol. The molecule has 5 heteroatoms. The van der Waals surface area contributed by atoms with Gasteiger partial charge in [0.25, 0.3) is 11.8 Å². The fourth-order valence-corrected chi connectivity index (χ4v) is 3.71. The molecule has 5 nitrogen and oxygen atoms in total. The van der Waals surface area contributed by atoms with Crippen LogP contribution < -0.4 is 15.0 Å². The van der Waals surface area contributed by atoms with E-state index >= 15 is 0 Å². The van der Waals surface area contributed by atoms with E-state index in [0.717, 1.165) is 22.4 Å². The van der Waals surface area contributed by atoms with E-state index in [1.54, 1.807) is 25.3 Å². The molecule has 1 N–H and O–H groups in total. The smallest absolute Gasteiger partial charge is 0.282 e. The van der Waals surface area contributed by atoms with Crippen molar-refractivity contribution in [3.63, 3.8) is 0 Å². The fourth-order valence-electron chi connectivity index (χ4n) is 3.71. The molecule has 31 heavy (non-hydrogen) atoms. The van der Waals surface area contributed by atoms with E-state index in [4.69, 9.17) is 4.74 Å². The Hall–Kier alpha value is -3.86. The third-order valence-electron chi connectivity index (χ3n) is 5.50. The summed E-state index contributed by atoms with van der Waals surface area (Å²) in [6.45, 7) is 5.97. The standard InChI is InChI=1S/C26H24N2O3/c1-16-8-7-9-20(14-16)28-25(29)23(21-10-5-6-11-22(21)31-4)24(26(28)30)27-19-13-12-17(2)18(3)15-19/h5-15,27H,1-4H3. The quantitative estimate of drug-likeness (QED) is 0.598. The number of aryl methyl sites for hydroxylation is 3. The van der Waals surface area contributed by atoms with Gasteiger partial charge in [-0.1, -0.05) is 36.4 Å². The molecule has 0 saturated carbocycles. The summed E-state index contributed by atoms with van der Waals surface area (Å²) in [5.41, 5.74) is 5.60. The molecule has 0 aromatic heterocycles. The summed E-state index contributed by atoms with van der Waals surface area (Å²) < 4.78 is 5.49. The topological polar surface area (TPSA) is 58.6 Å². The zero-order valence-corrected chi connectivity index (χ0v) is 18.0. The number of hydrogen-bond acceptors (Lipinski definition) is 4. The molecule has 0 bridgehead atoms. The fraction of sp³-hybridized carbons (Fsp3) is 0.154. The van der Waals surface area contributed by atoms with Gasteiger partial charge in [-0.25, -0.2) is 4.90 Å². The second kappa shape index (κ2) is 8.11. The van der Waals surface area contributed by atoms with E-state index in [1.165, 1.54) is 4.90 Å². The van der Waals surface area contributed by atoms with E-state index in [9.17, 15) is 9.59 Å². The minimum atomic E-state index is -0.394. The maximum absolute atomic E-state index is 13.6. The summed E-state index contributed by atoms with van der Waals surface area (Å²) in [5.74, 6) is -0.245. The second-order valence-corrected chi connectivity index (χ2v) is 7.66. The van der Waals surface area contributed by atoms with Gasteiger partial charge in [0, 0.05) is 11.3 Å². The molecule has 4 rings (SSSR count). The van der Waals surface area contributed by atoms with E-state index < -0.39 is 5.91 Å². The highest BCUT2D eigenvalue weighted by Crippen LogP contribution is 2.37. The summed E-state index contributed by atoms with van der Waals surface area (Å²) in [6.07, 6.45) is 0. The van der Waals surface area contributed by atoms with Crippen LogP contribution in [0.3, 0.4) is 0 Å². The normalized spacial score (nSPS) is 13.7. The number of carbonyl (C=O) groups excluding carboxylic acids is 2.